The van der Waals surface area contributed by atoms with E-state index in [1.54, 1.807) is 0 Å². The number of hydroxylamine groups is 2. The molecule has 3 fully saturated rings. The Morgan fingerprint density at radius 1 is 0.588 bits per heavy atom. The monoisotopic (exact) mass is 237 g/mol. The first kappa shape index (κ1) is 12.0. The molecule has 3 rings (SSSR count). The maximum atomic E-state index is 10.6. The molecule has 0 aromatic heterocycles. The lowest BCUT2D eigenvalue weighted by Gasteiger charge is -2.43. The molecule has 2 unspecified atom stereocenters. The molecular weight excluding hydrogens is 210 g/mol. The Morgan fingerprint density at radius 2 is 1.00 bits per heavy atom. The maximum Gasteiger partial charge on any atom is 0.0381 e. The first-order chi connectivity index (χ1) is 8.36. The molecule has 2 aliphatic carbocycles. The van der Waals surface area contributed by atoms with E-state index >= 15 is 0 Å². The van der Waals surface area contributed by atoms with Gasteiger partial charge in [0.15, 0.2) is 0 Å². The molecular formula is C15H27NO. The zero-order valence-electron chi connectivity index (χ0n) is 11.0. The van der Waals surface area contributed by atoms with Gasteiger partial charge in [-0.25, -0.2) is 0 Å². The van der Waals surface area contributed by atoms with E-state index in [0.29, 0.717) is 12.1 Å². The van der Waals surface area contributed by atoms with Gasteiger partial charge in [0.1, 0.15) is 0 Å². The minimum Gasteiger partial charge on any atom is -0.313 e. The second-order valence-electron chi connectivity index (χ2n) is 6.53. The molecule has 0 radical (unpaired) electrons. The number of hydrogen-bond acceptors (Lipinski definition) is 2. The molecule has 2 saturated carbocycles. The standard InChI is InChI=1S/C15H27NO/c17-16-14(12-6-1-2-7-12)10-5-11-15(16)13-8-3-4-9-13/h12-15,17H,1-11H2. The molecule has 0 aromatic carbocycles. The summed E-state index contributed by atoms with van der Waals surface area (Å²) in [6.45, 7) is 0. The van der Waals surface area contributed by atoms with Gasteiger partial charge >= 0.3 is 0 Å². The second-order valence-corrected chi connectivity index (χ2v) is 6.53. The molecule has 0 aromatic rings. The maximum absolute atomic E-state index is 10.6. The number of piperidine rings is 1. The fourth-order valence-corrected chi connectivity index (χ4v) is 4.63. The number of rotatable bonds is 2. The van der Waals surface area contributed by atoms with E-state index in [1.165, 1.54) is 70.6 Å². The molecule has 0 amide bonds. The SMILES string of the molecule is ON1C(C2CCCC2)CCCC1C1CCCC1. The highest BCUT2D eigenvalue weighted by Crippen LogP contribution is 2.40. The van der Waals surface area contributed by atoms with Crippen LogP contribution in [0.4, 0.5) is 0 Å². The van der Waals surface area contributed by atoms with Crippen LogP contribution in [-0.2, 0) is 0 Å². The summed E-state index contributed by atoms with van der Waals surface area (Å²) >= 11 is 0. The Bertz CT molecular complexity index is 219. The fourth-order valence-electron chi connectivity index (χ4n) is 4.63. The van der Waals surface area contributed by atoms with E-state index in [-0.39, 0.29) is 0 Å². The van der Waals surface area contributed by atoms with Crippen molar-refractivity contribution in [3.63, 3.8) is 0 Å². The molecule has 1 N–H and O–H groups in total. The van der Waals surface area contributed by atoms with Crippen molar-refractivity contribution in [2.45, 2.75) is 82.7 Å². The van der Waals surface area contributed by atoms with Gasteiger partial charge in [-0.1, -0.05) is 32.1 Å². The minimum atomic E-state index is 0.497. The van der Waals surface area contributed by atoms with Gasteiger partial charge in [0, 0.05) is 12.1 Å². The molecule has 0 spiro atoms. The van der Waals surface area contributed by atoms with Crippen LogP contribution in [-0.4, -0.2) is 22.4 Å². The highest BCUT2D eigenvalue weighted by atomic mass is 16.5. The van der Waals surface area contributed by atoms with Gasteiger partial charge < -0.3 is 5.21 Å². The molecule has 2 atom stereocenters. The van der Waals surface area contributed by atoms with Gasteiger partial charge in [-0.3, -0.25) is 0 Å². The average Bonchev–Trinajstić information content (AvgIpc) is 3.02. The summed E-state index contributed by atoms with van der Waals surface area (Å²) in [5.41, 5.74) is 0. The fraction of sp³-hybridized carbons (Fsp3) is 1.00. The van der Waals surface area contributed by atoms with Crippen LogP contribution in [0.25, 0.3) is 0 Å². The highest BCUT2D eigenvalue weighted by molar-refractivity contribution is 4.90. The van der Waals surface area contributed by atoms with Crippen molar-refractivity contribution in [2.24, 2.45) is 11.8 Å². The van der Waals surface area contributed by atoms with Gasteiger partial charge in [0.2, 0.25) is 0 Å². The van der Waals surface area contributed by atoms with Crippen LogP contribution < -0.4 is 0 Å². The molecule has 98 valence electrons. The summed E-state index contributed by atoms with van der Waals surface area (Å²) in [6.07, 6.45) is 14.8. The lowest BCUT2D eigenvalue weighted by atomic mass is 9.83. The van der Waals surface area contributed by atoms with Crippen molar-refractivity contribution in [1.82, 2.24) is 5.06 Å². The van der Waals surface area contributed by atoms with E-state index in [2.05, 4.69) is 0 Å². The summed E-state index contributed by atoms with van der Waals surface area (Å²) in [6, 6.07) is 0.994. The van der Waals surface area contributed by atoms with Crippen molar-refractivity contribution in [2.75, 3.05) is 0 Å². The van der Waals surface area contributed by atoms with Crippen LogP contribution >= 0.6 is 0 Å². The lowest BCUT2D eigenvalue weighted by molar-refractivity contribution is -0.202. The summed E-state index contributed by atoms with van der Waals surface area (Å²) in [7, 11) is 0. The molecule has 2 heteroatoms. The molecule has 0 bridgehead atoms. The Kier molecular flexibility index (Phi) is 3.72. The second kappa shape index (κ2) is 5.27. The van der Waals surface area contributed by atoms with Crippen molar-refractivity contribution >= 4 is 0 Å². The van der Waals surface area contributed by atoms with Crippen LogP contribution in [0.15, 0.2) is 0 Å². The normalized spacial score (nSPS) is 37.9. The zero-order valence-corrected chi connectivity index (χ0v) is 11.0. The Morgan fingerprint density at radius 3 is 1.41 bits per heavy atom. The summed E-state index contributed by atoms with van der Waals surface area (Å²) in [4.78, 5) is 0. The van der Waals surface area contributed by atoms with Gasteiger partial charge in [-0.2, -0.15) is 5.06 Å². The minimum absolute atomic E-state index is 0.497. The van der Waals surface area contributed by atoms with Gasteiger partial charge in [0.25, 0.3) is 0 Å². The predicted molar refractivity (Wildman–Crippen MR) is 69.0 cm³/mol. The molecule has 2 nitrogen and oxygen atoms in total. The molecule has 17 heavy (non-hydrogen) atoms. The lowest BCUT2D eigenvalue weighted by Crippen LogP contribution is -2.50. The largest absolute Gasteiger partial charge is 0.313 e. The quantitative estimate of drug-likeness (QED) is 0.785. The molecule has 1 aliphatic heterocycles. The van der Waals surface area contributed by atoms with Crippen LogP contribution in [0.5, 0.6) is 0 Å². The number of hydrogen-bond donors (Lipinski definition) is 1. The molecule has 1 saturated heterocycles. The first-order valence-corrected chi connectivity index (χ1v) is 7.83. The third-order valence-electron chi connectivity index (χ3n) is 5.57. The Hall–Kier alpha value is -0.0800. The van der Waals surface area contributed by atoms with E-state index in [9.17, 15) is 5.21 Å². The Balaban J connectivity index is 1.65. The van der Waals surface area contributed by atoms with Gasteiger partial charge in [0.05, 0.1) is 0 Å². The highest BCUT2D eigenvalue weighted by Gasteiger charge is 2.39. The summed E-state index contributed by atoms with van der Waals surface area (Å²) < 4.78 is 0. The summed E-state index contributed by atoms with van der Waals surface area (Å²) in [5, 5.41) is 12.4. The van der Waals surface area contributed by atoms with E-state index in [4.69, 9.17) is 0 Å². The van der Waals surface area contributed by atoms with Crippen LogP contribution in [0, 0.1) is 11.8 Å². The van der Waals surface area contributed by atoms with Crippen molar-refractivity contribution in [3.8, 4) is 0 Å². The zero-order chi connectivity index (χ0) is 11.7. The van der Waals surface area contributed by atoms with E-state index < -0.39 is 0 Å². The number of nitrogens with zero attached hydrogens (tertiary/aromatic N) is 1. The van der Waals surface area contributed by atoms with Crippen molar-refractivity contribution < 1.29 is 5.21 Å². The van der Waals surface area contributed by atoms with Crippen LogP contribution in [0.2, 0.25) is 0 Å². The third-order valence-corrected chi connectivity index (χ3v) is 5.57. The van der Waals surface area contributed by atoms with Crippen LogP contribution in [0.3, 0.4) is 0 Å². The average molecular weight is 237 g/mol. The smallest absolute Gasteiger partial charge is 0.0381 e. The topological polar surface area (TPSA) is 23.5 Å². The van der Waals surface area contributed by atoms with Crippen LogP contribution in [0.1, 0.15) is 70.6 Å². The van der Waals surface area contributed by atoms with Gasteiger partial charge in [-0.05, 0) is 50.4 Å². The molecule has 3 aliphatic rings. The van der Waals surface area contributed by atoms with E-state index in [0.717, 1.165) is 11.8 Å². The predicted octanol–water partition coefficient (Wildman–Crippen LogP) is 3.98. The molecule has 1 heterocycles. The first-order valence-electron chi connectivity index (χ1n) is 7.83. The summed E-state index contributed by atoms with van der Waals surface area (Å²) in [5.74, 6) is 1.59. The van der Waals surface area contributed by atoms with Gasteiger partial charge in [-0.15, -0.1) is 0 Å². The van der Waals surface area contributed by atoms with E-state index in [1.807, 2.05) is 5.06 Å². The van der Waals surface area contributed by atoms with Crippen molar-refractivity contribution in [1.29, 1.82) is 0 Å². The Labute approximate surface area is 105 Å². The van der Waals surface area contributed by atoms with Crippen molar-refractivity contribution in [3.05, 3.63) is 0 Å². The third kappa shape index (κ3) is 2.39.